The van der Waals surface area contributed by atoms with Crippen molar-refractivity contribution in [3.63, 3.8) is 0 Å². The van der Waals surface area contributed by atoms with Gasteiger partial charge in [-0.15, -0.1) is 0 Å². The highest BCUT2D eigenvalue weighted by Crippen LogP contribution is 2.26. The molecular formula is C9H4O4. The minimum absolute atomic E-state index is 0.0162. The second kappa shape index (κ2) is 2.32. The summed E-state index contributed by atoms with van der Waals surface area (Å²) in [7, 11) is 0. The Bertz CT molecular complexity index is 411. The molecule has 1 atom stereocenters. The molecule has 4 heteroatoms. The molecule has 0 amide bonds. The molecule has 0 bridgehead atoms. The molecule has 0 saturated heterocycles. The van der Waals surface area contributed by atoms with Crippen LogP contribution in [-0.4, -0.2) is 23.1 Å². The van der Waals surface area contributed by atoms with E-state index in [1.807, 2.05) is 0 Å². The number of fused-ring (bicyclic) bond motifs is 1. The predicted molar refractivity (Wildman–Crippen MR) is 40.7 cm³/mol. The number of ketones is 4. The lowest BCUT2D eigenvalue weighted by Gasteiger charge is -2.06. The van der Waals surface area contributed by atoms with Crippen molar-refractivity contribution in [2.45, 2.75) is 0 Å². The number of carbonyl (C=O) groups is 4. The number of rotatable bonds is 0. The molecule has 1 unspecified atom stereocenters. The molecule has 0 N–H and O–H groups in total. The van der Waals surface area contributed by atoms with Crippen LogP contribution in [0.1, 0.15) is 0 Å². The average molecular weight is 176 g/mol. The number of Topliss-reactive ketones (excluding diaryl/α,β-unsaturated/α-hetero) is 3. The van der Waals surface area contributed by atoms with E-state index in [4.69, 9.17) is 0 Å². The van der Waals surface area contributed by atoms with Crippen molar-refractivity contribution in [2.75, 3.05) is 0 Å². The van der Waals surface area contributed by atoms with Crippen LogP contribution in [0.15, 0.2) is 23.8 Å². The van der Waals surface area contributed by atoms with Gasteiger partial charge in [0, 0.05) is 5.57 Å². The molecule has 0 aliphatic heterocycles. The van der Waals surface area contributed by atoms with E-state index in [2.05, 4.69) is 0 Å². The molecule has 0 radical (unpaired) electrons. The Morgan fingerprint density at radius 3 is 2.31 bits per heavy atom. The lowest BCUT2D eigenvalue weighted by atomic mass is 9.92. The summed E-state index contributed by atoms with van der Waals surface area (Å²) >= 11 is 0. The van der Waals surface area contributed by atoms with E-state index in [9.17, 15) is 19.2 Å². The normalized spacial score (nSPS) is 26.5. The molecule has 64 valence electrons. The van der Waals surface area contributed by atoms with Gasteiger partial charge in [-0.3, -0.25) is 19.2 Å². The molecule has 0 spiro atoms. The van der Waals surface area contributed by atoms with E-state index in [1.165, 1.54) is 18.2 Å². The fraction of sp³-hybridized carbons (Fsp3) is 0.111. The fourth-order valence-corrected chi connectivity index (χ4v) is 1.44. The maximum absolute atomic E-state index is 11.1. The van der Waals surface area contributed by atoms with Crippen LogP contribution in [0.4, 0.5) is 0 Å². The Hall–Kier alpha value is -1.84. The first-order chi connectivity index (χ1) is 6.13. The summed E-state index contributed by atoms with van der Waals surface area (Å²) in [5.74, 6) is -4.45. The van der Waals surface area contributed by atoms with Crippen molar-refractivity contribution in [1.82, 2.24) is 0 Å². The van der Waals surface area contributed by atoms with Crippen molar-refractivity contribution in [2.24, 2.45) is 5.92 Å². The van der Waals surface area contributed by atoms with Crippen molar-refractivity contribution >= 4 is 23.1 Å². The van der Waals surface area contributed by atoms with Gasteiger partial charge in [0.15, 0.2) is 5.78 Å². The van der Waals surface area contributed by atoms with Crippen LogP contribution >= 0.6 is 0 Å². The first-order valence-corrected chi connectivity index (χ1v) is 3.68. The van der Waals surface area contributed by atoms with Gasteiger partial charge in [-0.25, -0.2) is 0 Å². The molecular weight excluding hydrogens is 172 g/mol. The summed E-state index contributed by atoms with van der Waals surface area (Å²) in [5, 5.41) is 0. The second-order valence-electron chi connectivity index (χ2n) is 2.84. The van der Waals surface area contributed by atoms with Gasteiger partial charge in [-0.1, -0.05) is 12.2 Å². The standard InChI is InChI=1S/C9H4O4/c10-5-3-1-2-4-6(5)8(12)9(13)7(4)11/h1-3,6H. The first-order valence-electron chi connectivity index (χ1n) is 3.68. The zero-order valence-corrected chi connectivity index (χ0v) is 6.44. The zero-order chi connectivity index (χ0) is 9.59. The Balaban J connectivity index is 2.59. The summed E-state index contributed by atoms with van der Waals surface area (Å²) in [6.07, 6.45) is 3.91. The summed E-state index contributed by atoms with van der Waals surface area (Å²) in [5.41, 5.74) is 0.0162. The molecule has 4 nitrogen and oxygen atoms in total. The van der Waals surface area contributed by atoms with Crippen LogP contribution in [0.2, 0.25) is 0 Å². The monoisotopic (exact) mass is 176 g/mol. The number of carbonyl (C=O) groups excluding carboxylic acids is 4. The minimum atomic E-state index is -1.15. The van der Waals surface area contributed by atoms with Crippen LogP contribution < -0.4 is 0 Å². The Morgan fingerprint density at radius 2 is 1.69 bits per heavy atom. The minimum Gasteiger partial charge on any atom is -0.294 e. The lowest BCUT2D eigenvalue weighted by Crippen LogP contribution is -2.22. The first kappa shape index (κ1) is 7.79. The lowest BCUT2D eigenvalue weighted by molar-refractivity contribution is -0.141. The van der Waals surface area contributed by atoms with E-state index in [-0.39, 0.29) is 5.57 Å². The topological polar surface area (TPSA) is 68.3 Å². The van der Waals surface area contributed by atoms with Crippen LogP contribution in [0.3, 0.4) is 0 Å². The van der Waals surface area contributed by atoms with Gasteiger partial charge < -0.3 is 0 Å². The molecule has 13 heavy (non-hydrogen) atoms. The number of allylic oxidation sites excluding steroid dienone is 4. The quantitative estimate of drug-likeness (QED) is 0.364. The Morgan fingerprint density at radius 1 is 1.00 bits per heavy atom. The molecule has 1 saturated carbocycles. The second-order valence-corrected chi connectivity index (χ2v) is 2.84. The molecule has 2 rings (SSSR count). The van der Waals surface area contributed by atoms with Gasteiger partial charge in [-0.05, 0) is 6.08 Å². The van der Waals surface area contributed by atoms with Crippen LogP contribution in [-0.2, 0) is 19.2 Å². The Kier molecular flexibility index (Phi) is 1.39. The van der Waals surface area contributed by atoms with Gasteiger partial charge in [0.25, 0.3) is 5.78 Å². The van der Waals surface area contributed by atoms with Crippen molar-refractivity contribution in [3.8, 4) is 0 Å². The van der Waals surface area contributed by atoms with Crippen LogP contribution in [0, 0.1) is 5.92 Å². The molecule has 1 fully saturated rings. The van der Waals surface area contributed by atoms with Crippen molar-refractivity contribution in [1.29, 1.82) is 0 Å². The summed E-state index contributed by atoms with van der Waals surface area (Å²) in [6.45, 7) is 0. The molecule has 0 aromatic rings. The Labute approximate surface area is 72.9 Å². The largest absolute Gasteiger partial charge is 0.294 e. The maximum atomic E-state index is 11.1. The molecule has 2 aliphatic rings. The van der Waals surface area contributed by atoms with Crippen molar-refractivity contribution in [3.05, 3.63) is 23.8 Å². The highest BCUT2D eigenvalue weighted by Gasteiger charge is 2.48. The molecule has 0 heterocycles. The highest BCUT2D eigenvalue weighted by molar-refractivity contribution is 6.74. The van der Waals surface area contributed by atoms with Crippen LogP contribution in [0.25, 0.3) is 0 Å². The van der Waals surface area contributed by atoms with Gasteiger partial charge in [0.2, 0.25) is 11.6 Å². The van der Waals surface area contributed by atoms with Crippen LogP contribution in [0.5, 0.6) is 0 Å². The maximum Gasteiger partial charge on any atom is 0.269 e. The van der Waals surface area contributed by atoms with Gasteiger partial charge >= 0.3 is 0 Å². The summed E-state index contributed by atoms with van der Waals surface area (Å²) in [4.78, 5) is 44.2. The average Bonchev–Trinajstić information content (AvgIpc) is 2.33. The van der Waals surface area contributed by atoms with E-state index >= 15 is 0 Å². The SMILES string of the molecule is O=C1C(=O)C2=CC=CC(=O)C2C1=O. The zero-order valence-electron chi connectivity index (χ0n) is 6.44. The molecule has 0 aromatic carbocycles. The fourth-order valence-electron chi connectivity index (χ4n) is 1.44. The number of hydrogen-bond donors (Lipinski definition) is 0. The summed E-state index contributed by atoms with van der Waals surface area (Å²) in [6, 6.07) is 0. The third-order valence-corrected chi connectivity index (χ3v) is 2.09. The van der Waals surface area contributed by atoms with Gasteiger partial charge in [-0.2, -0.15) is 0 Å². The van der Waals surface area contributed by atoms with Crippen molar-refractivity contribution < 1.29 is 19.2 Å². The van der Waals surface area contributed by atoms with E-state index in [0.29, 0.717) is 0 Å². The van der Waals surface area contributed by atoms with E-state index in [0.717, 1.165) is 0 Å². The summed E-state index contributed by atoms with van der Waals surface area (Å²) < 4.78 is 0. The molecule has 0 aromatic heterocycles. The number of hydrogen-bond acceptors (Lipinski definition) is 4. The smallest absolute Gasteiger partial charge is 0.269 e. The van der Waals surface area contributed by atoms with Gasteiger partial charge in [0.1, 0.15) is 5.92 Å². The third-order valence-electron chi connectivity index (χ3n) is 2.09. The molecule has 2 aliphatic carbocycles. The van der Waals surface area contributed by atoms with Gasteiger partial charge in [0.05, 0.1) is 0 Å². The third kappa shape index (κ3) is 0.853. The van der Waals surface area contributed by atoms with E-state index in [1.54, 1.807) is 0 Å². The predicted octanol–water partition coefficient (Wildman–Crippen LogP) is -0.611. The highest BCUT2D eigenvalue weighted by atomic mass is 16.2. The van der Waals surface area contributed by atoms with E-state index < -0.39 is 29.1 Å².